The van der Waals surface area contributed by atoms with E-state index in [0.717, 1.165) is 12.8 Å². The van der Waals surface area contributed by atoms with E-state index in [1.54, 1.807) is 4.90 Å². The largest absolute Gasteiger partial charge is 0.478 e. The third-order valence-electron chi connectivity index (χ3n) is 3.65. The Bertz CT molecular complexity index is 516. The third-order valence-corrected chi connectivity index (χ3v) is 3.65. The number of aromatic carboxylic acids is 1. The first kappa shape index (κ1) is 14.5. The molecule has 1 unspecified atom stereocenters. The maximum atomic E-state index is 12.5. The Morgan fingerprint density at radius 2 is 2.20 bits per heavy atom. The van der Waals surface area contributed by atoms with Crippen molar-refractivity contribution in [3.05, 3.63) is 29.6 Å². The number of likely N-dealkylation sites (N-methyl/N-ethyl adjacent to an activating group) is 1. The molecule has 0 aliphatic carbocycles. The van der Waals surface area contributed by atoms with E-state index in [-0.39, 0.29) is 17.2 Å². The Kier molecular flexibility index (Phi) is 4.34. The second-order valence-electron chi connectivity index (χ2n) is 5.22. The van der Waals surface area contributed by atoms with E-state index in [1.807, 2.05) is 14.1 Å². The Labute approximate surface area is 118 Å². The average Bonchev–Trinajstić information content (AvgIpc) is 2.46. The molecule has 6 nitrogen and oxygen atoms in total. The zero-order valence-corrected chi connectivity index (χ0v) is 11.7. The van der Waals surface area contributed by atoms with Gasteiger partial charge in [-0.3, -0.25) is 9.78 Å². The van der Waals surface area contributed by atoms with Gasteiger partial charge in [-0.2, -0.15) is 0 Å². The summed E-state index contributed by atoms with van der Waals surface area (Å²) in [5.41, 5.74) is -0.0103. The molecule has 108 valence electrons. The van der Waals surface area contributed by atoms with Crippen LogP contribution in [0.3, 0.4) is 0 Å². The molecule has 0 spiro atoms. The number of piperidine rings is 1. The van der Waals surface area contributed by atoms with Crippen molar-refractivity contribution >= 4 is 11.9 Å². The molecule has 2 rings (SSSR count). The lowest BCUT2D eigenvalue weighted by molar-refractivity contribution is 0.0608. The summed E-state index contributed by atoms with van der Waals surface area (Å²) >= 11 is 0. The van der Waals surface area contributed by atoms with Crippen molar-refractivity contribution < 1.29 is 14.7 Å². The highest BCUT2D eigenvalue weighted by atomic mass is 16.4. The van der Waals surface area contributed by atoms with E-state index in [1.165, 1.54) is 18.3 Å². The molecule has 1 saturated heterocycles. The van der Waals surface area contributed by atoms with E-state index >= 15 is 0 Å². The number of likely N-dealkylation sites (tertiary alicyclic amines) is 1. The van der Waals surface area contributed by atoms with Gasteiger partial charge >= 0.3 is 5.97 Å². The van der Waals surface area contributed by atoms with Crippen molar-refractivity contribution in [1.29, 1.82) is 0 Å². The lowest BCUT2D eigenvalue weighted by Gasteiger charge is -2.36. The minimum Gasteiger partial charge on any atom is -0.478 e. The second-order valence-corrected chi connectivity index (χ2v) is 5.22. The number of hydrogen-bond acceptors (Lipinski definition) is 4. The first-order valence-electron chi connectivity index (χ1n) is 6.64. The molecular formula is C14H19N3O3. The normalized spacial score (nSPS) is 19.1. The number of carbonyl (C=O) groups is 2. The molecule has 1 aromatic rings. The van der Waals surface area contributed by atoms with Crippen LogP contribution in [0, 0.1) is 0 Å². The standard InChI is InChI=1S/C14H19N3O3/c1-16(2)10-5-4-8-17(9-10)13(18)12-11(14(19)20)6-3-7-15-12/h3,6-7,10H,4-5,8-9H2,1-2H3,(H,19,20). The molecule has 6 heteroatoms. The first-order chi connectivity index (χ1) is 9.50. The Balaban J connectivity index is 2.21. The lowest BCUT2D eigenvalue weighted by atomic mass is 10.0. The number of amides is 1. The number of carbonyl (C=O) groups excluding carboxylic acids is 1. The van der Waals surface area contributed by atoms with Gasteiger partial charge in [-0.25, -0.2) is 4.79 Å². The number of nitrogens with zero attached hydrogens (tertiary/aromatic N) is 3. The molecule has 1 N–H and O–H groups in total. The molecule has 1 atom stereocenters. The summed E-state index contributed by atoms with van der Waals surface area (Å²) in [4.78, 5) is 31.4. The molecule has 1 aliphatic heterocycles. The van der Waals surface area contributed by atoms with Crippen LogP contribution in [0.2, 0.25) is 0 Å². The van der Waals surface area contributed by atoms with Gasteiger partial charge in [-0.1, -0.05) is 0 Å². The molecule has 1 fully saturated rings. The molecule has 2 heterocycles. The summed E-state index contributed by atoms with van der Waals surface area (Å²) in [6.07, 6.45) is 3.42. The number of pyridine rings is 1. The lowest BCUT2D eigenvalue weighted by Crippen LogP contribution is -2.47. The predicted molar refractivity (Wildman–Crippen MR) is 73.8 cm³/mol. The first-order valence-corrected chi connectivity index (χ1v) is 6.64. The molecule has 0 radical (unpaired) electrons. The zero-order chi connectivity index (χ0) is 14.7. The summed E-state index contributed by atoms with van der Waals surface area (Å²) in [5, 5.41) is 9.13. The monoisotopic (exact) mass is 277 g/mol. The van der Waals surface area contributed by atoms with Gasteiger partial charge in [0.2, 0.25) is 0 Å². The van der Waals surface area contributed by atoms with E-state index in [9.17, 15) is 9.59 Å². The van der Waals surface area contributed by atoms with Gasteiger partial charge in [0.25, 0.3) is 5.91 Å². The molecule has 0 aromatic carbocycles. The SMILES string of the molecule is CN(C)C1CCCN(C(=O)c2ncccc2C(=O)O)C1. The Morgan fingerprint density at radius 1 is 1.45 bits per heavy atom. The molecule has 0 bridgehead atoms. The fraction of sp³-hybridized carbons (Fsp3) is 0.500. The van der Waals surface area contributed by atoms with Crippen molar-refractivity contribution in [1.82, 2.24) is 14.8 Å². The maximum absolute atomic E-state index is 12.5. The quantitative estimate of drug-likeness (QED) is 0.890. The van der Waals surface area contributed by atoms with Crippen LogP contribution in [0.4, 0.5) is 0 Å². The third kappa shape index (κ3) is 2.96. The fourth-order valence-corrected chi connectivity index (χ4v) is 2.46. The Morgan fingerprint density at radius 3 is 2.85 bits per heavy atom. The van der Waals surface area contributed by atoms with Crippen molar-refractivity contribution in [3.8, 4) is 0 Å². The van der Waals surface area contributed by atoms with Gasteiger partial charge in [0.05, 0.1) is 5.56 Å². The molecule has 1 aromatic heterocycles. The van der Waals surface area contributed by atoms with Crippen molar-refractivity contribution in [2.45, 2.75) is 18.9 Å². The van der Waals surface area contributed by atoms with E-state index < -0.39 is 5.97 Å². The molecule has 1 amide bonds. The van der Waals surface area contributed by atoms with Gasteiger partial charge in [-0.15, -0.1) is 0 Å². The van der Waals surface area contributed by atoms with Gasteiger partial charge < -0.3 is 14.9 Å². The minimum atomic E-state index is -1.12. The summed E-state index contributed by atoms with van der Waals surface area (Å²) in [5.74, 6) is -1.42. The second kappa shape index (κ2) is 6.00. The minimum absolute atomic E-state index is 0.0272. The maximum Gasteiger partial charge on any atom is 0.338 e. The molecule has 1 aliphatic rings. The van der Waals surface area contributed by atoms with Crippen molar-refractivity contribution in [3.63, 3.8) is 0 Å². The van der Waals surface area contributed by atoms with Gasteiger partial charge in [0.1, 0.15) is 5.69 Å². The summed E-state index contributed by atoms with van der Waals surface area (Å²) in [6.45, 7) is 1.26. The highest BCUT2D eigenvalue weighted by Crippen LogP contribution is 2.17. The highest BCUT2D eigenvalue weighted by molar-refractivity contribution is 6.03. The van der Waals surface area contributed by atoms with E-state index in [2.05, 4.69) is 9.88 Å². The number of carboxylic acids is 1. The van der Waals surface area contributed by atoms with Crippen LogP contribution in [0.1, 0.15) is 33.7 Å². The number of aromatic nitrogens is 1. The molecular weight excluding hydrogens is 258 g/mol. The molecule has 20 heavy (non-hydrogen) atoms. The topological polar surface area (TPSA) is 73.7 Å². The van der Waals surface area contributed by atoms with Crippen LogP contribution in [0.25, 0.3) is 0 Å². The highest BCUT2D eigenvalue weighted by Gasteiger charge is 2.28. The van der Waals surface area contributed by atoms with Gasteiger partial charge in [0, 0.05) is 25.3 Å². The van der Waals surface area contributed by atoms with Crippen LogP contribution in [-0.4, -0.2) is 65.0 Å². The zero-order valence-electron chi connectivity index (χ0n) is 11.7. The molecule has 0 saturated carbocycles. The number of hydrogen-bond donors (Lipinski definition) is 1. The summed E-state index contributed by atoms with van der Waals surface area (Å²) < 4.78 is 0. The average molecular weight is 277 g/mol. The van der Waals surface area contributed by atoms with Crippen LogP contribution >= 0.6 is 0 Å². The van der Waals surface area contributed by atoms with Gasteiger partial charge in [0.15, 0.2) is 0 Å². The van der Waals surface area contributed by atoms with Crippen LogP contribution < -0.4 is 0 Å². The van der Waals surface area contributed by atoms with Crippen molar-refractivity contribution in [2.24, 2.45) is 0 Å². The van der Waals surface area contributed by atoms with Crippen LogP contribution in [0.5, 0.6) is 0 Å². The number of rotatable bonds is 3. The van der Waals surface area contributed by atoms with E-state index in [0.29, 0.717) is 19.1 Å². The van der Waals surface area contributed by atoms with E-state index in [4.69, 9.17) is 5.11 Å². The fourth-order valence-electron chi connectivity index (χ4n) is 2.46. The smallest absolute Gasteiger partial charge is 0.338 e. The van der Waals surface area contributed by atoms with Crippen LogP contribution in [0.15, 0.2) is 18.3 Å². The summed E-state index contributed by atoms with van der Waals surface area (Å²) in [6, 6.07) is 3.25. The summed E-state index contributed by atoms with van der Waals surface area (Å²) in [7, 11) is 3.98. The predicted octanol–water partition coefficient (Wildman–Crippen LogP) is 0.946. The van der Waals surface area contributed by atoms with Crippen LogP contribution in [-0.2, 0) is 0 Å². The number of carboxylic acid groups (broad SMARTS) is 1. The Hall–Kier alpha value is -1.95. The van der Waals surface area contributed by atoms with Crippen molar-refractivity contribution in [2.75, 3.05) is 27.2 Å². The van der Waals surface area contributed by atoms with Gasteiger partial charge in [-0.05, 0) is 39.1 Å².